The van der Waals surface area contributed by atoms with Gasteiger partial charge in [0.15, 0.2) is 10.3 Å². The second-order valence-electron chi connectivity index (χ2n) is 9.10. The number of nitrogens with one attached hydrogen (secondary N) is 1. The Morgan fingerprint density at radius 2 is 2.06 bits per heavy atom. The molecule has 34 heavy (non-hydrogen) atoms. The lowest BCUT2D eigenvalue weighted by Gasteiger charge is -2.25. The van der Waals surface area contributed by atoms with Crippen LogP contribution in [0.1, 0.15) is 49.5 Å². The highest BCUT2D eigenvalue weighted by Crippen LogP contribution is 2.35. The third-order valence-electron chi connectivity index (χ3n) is 5.71. The van der Waals surface area contributed by atoms with Crippen LogP contribution in [0.2, 0.25) is 0 Å². The van der Waals surface area contributed by atoms with Crippen LogP contribution in [0.4, 0.5) is 10.8 Å². The van der Waals surface area contributed by atoms with Gasteiger partial charge < -0.3 is 19.9 Å². The van der Waals surface area contributed by atoms with Crippen LogP contribution in [0, 0.1) is 0 Å². The third kappa shape index (κ3) is 6.40. The van der Waals surface area contributed by atoms with Crippen LogP contribution < -0.4 is 15.0 Å². The number of hydrogen-bond donors (Lipinski definition) is 1. The van der Waals surface area contributed by atoms with E-state index in [-0.39, 0.29) is 11.8 Å². The summed E-state index contributed by atoms with van der Waals surface area (Å²) in [4.78, 5) is 28.0. The lowest BCUT2D eigenvalue weighted by atomic mass is 10.0. The number of ether oxygens (including phenoxy) is 1. The van der Waals surface area contributed by atoms with Crippen molar-refractivity contribution in [1.82, 2.24) is 15.2 Å². The Morgan fingerprint density at radius 1 is 1.26 bits per heavy atom. The first kappa shape index (κ1) is 24.8. The van der Waals surface area contributed by atoms with Crippen LogP contribution in [-0.2, 0) is 4.79 Å². The van der Waals surface area contributed by atoms with Crippen molar-refractivity contribution in [3.63, 3.8) is 0 Å². The molecule has 2 aliphatic rings. The highest BCUT2D eigenvalue weighted by atomic mass is 32.2. The number of aromatic nitrogens is 1. The van der Waals surface area contributed by atoms with E-state index in [2.05, 4.69) is 40.0 Å². The number of thioether (sulfide) groups is 1. The van der Waals surface area contributed by atoms with E-state index >= 15 is 0 Å². The van der Waals surface area contributed by atoms with E-state index < -0.39 is 0 Å². The minimum absolute atomic E-state index is 0.119. The van der Waals surface area contributed by atoms with Gasteiger partial charge in [0.1, 0.15) is 12.4 Å². The number of hydrogen-bond acceptors (Lipinski definition) is 8. The van der Waals surface area contributed by atoms with Crippen LogP contribution in [0.3, 0.4) is 0 Å². The molecule has 9 heteroatoms. The van der Waals surface area contributed by atoms with Crippen LogP contribution in [0.25, 0.3) is 6.08 Å². The molecule has 0 radical (unpaired) electrons. The van der Waals surface area contributed by atoms with E-state index in [9.17, 15) is 4.79 Å². The molecule has 0 atom stereocenters. The number of carbonyl (C=O) groups excluding carboxylic acids is 1. The molecule has 1 aromatic carbocycles. The van der Waals surface area contributed by atoms with Gasteiger partial charge in [0, 0.05) is 25.8 Å². The third-order valence-corrected chi connectivity index (χ3v) is 7.63. The fraction of sp³-hybridized carbons (Fsp3) is 0.480. The van der Waals surface area contributed by atoms with E-state index in [1.54, 1.807) is 11.3 Å². The molecular weight excluding hydrogens is 466 g/mol. The zero-order valence-electron chi connectivity index (χ0n) is 20.3. The smallest absolute Gasteiger partial charge is 0.264 e. The van der Waals surface area contributed by atoms with Gasteiger partial charge in [-0.05, 0) is 80.9 Å². The number of thiazole rings is 1. The molecule has 3 heterocycles. The zero-order valence-corrected chi connectivity index (χ0v) is 22.0. The van der Waals surface area contributed by atoms with Gasteiger partial charge in [-0.25, -0.2) is 9.98 Å². The molecule has 1 N–H and O–H groups in total. The minimum atomic E-state index is -0.119. The molecular formula is C25H33N5O2S2. The van der Waals surface area contributed by atoms with Gasteiger partial charge in [-0.3, -0.25) is 4.79 Å². The normalized spacial score (nSPS) is 19.0. The molecule has 2 aromatic rings. The van der Waals surface area contributed by atoms with Crippen molar-refractivity contribution in [1.29, 1.82) is 0 Å². The number of benzene rings is 1. The number of piperidine rings is 1. The molecule has 0 bridgehead atoms. The summed E-state index contributed by atoms with van der Waals surface area (Å²) in [7, 11) is 4.06. The first-order chi connectivity index (χ1) is 16.4. The molecule has 4 rings (SSSR count). The molecule has 1 aromatic heterocycles. The van der Waals surface area contributed by atoms with Crippen molar-refractivity contribution in [2.24, 2.45) is 4.99 Å². The Kier molecular flexibility index (Phi) is 8.28. The van der Waals surface area contributed by atoms with Crippen molar-refractivity contribution >= 4 is 51.1 Å². The summed E-state index contributed by atoms with van der Waals surface area (Å²) in [6, 6.07) is 5.96. The van der Waals surface area contributed by atoms with Crippen molar-refractivity contribution in [2.75, 3.05) is 45.2 Å². The van der Waals surface area contributed by atoms with Crippen molar-refractivity contribution in [2.45, 2.75) is 39.0 Å². The Labute approximate surface area is 210 Å². The first-order valence-electron chi connectivity index (χ1n) is 11.8. The fourth-order valence-corrected chi connectivity index (χ4v) is 5.64. The maximum Gasteiger partial charge on any atom is 0.264 e. The van der Waals surface area contributed by atoms with Gasteiger partial charge in [-0.2, -0.15) is 0 Å². The number of amidine groups is 1. The average Bonchev–Trinajstić information content (AvgIpc) is 3.41. The maximum absolute atomic E-state index is 12.6. The first-order valence-corrected chi connectivity index (χ1v) is 13.4. The molecule has 7 nitrogen and oxygen atoms in total. The van der Waals surface area contributed by atoms with Gasteiger partial charge in [0.05, 0.1) is 15.5 Å². The van der Waals surface area contributed by atoms with Gasteiger partial charge in [0.25, 0.3) is 5.91 Å². The van der Waals surface area contributed by atoms with Crippen molar-refractivity contribution < 1.29 is 9.53 Å². The largest absolute Gasteiger partial charge is 0.492 e. The van der Waals surface area contributed by atoms with Crippen LogP contribution in [-0.4, -0.2) is 61.3 Å². The second-order valence-corrected chi connectivity index (χ2v) is 11.2. The molecule has 182 valence electrons. The van der Waals surface area contributed by atoms with E-state index in [0.717, 1.165) is 46.6 Å². The summed E-state index contributed by atoms with van der Waals surface area (Å²) in [5.74, 6) is 0.999. The number of anilines is 1. The van der Waals surface area contributed by atoms with E-state index in [1.807, 2.05) is 38.5 Å². The molecule has 2 aliphatic heterocycles. The summed E-state index contributed by atoms with van der Waals surface area (Å²) < 4.78 is 5.90. The maximum atomic E-state index is 12.6. The van der Waals surface area contributed by atoms with Crippen LogP contribution >= 0.6 is 23.1 Å². The van der Waals surface area contributed by atoms with E-state index in [0.29, 0.717) is 16.7 Å². The summed E-state index contributed by atoms with van der Waals surface area (Å²) >= 11 is 3.01. The van der Waals surface area contributed by atoms with Crippen LogP contribution in [0.5, 0.6) is 5.75 Å². The Bertz CT molecular complexity index is 1070. The van der Waals surface area contributed by atoms with Gasteiger partial charge in [-0.15, -0.1) is 0 Å². The number of rotatable bonds is 8. The lowest BCUT2D eigenvalue weighted by Crippen LogP contribution is -2.29. The molecule has 0 aliphatic carbocycles. The number of likely N-dealkylation sites (N-methyl/N-ethyl adjacent to an activating group) is 1. The van der Waals surface area contributed by atoms with Crippen LogP contribution in [0.15, 0.2) is 34.3 Å². The number of aliphatic imine (C=N–C) groups is 1. The summed E-state index contributed by atoms with van der Waals surface area (Å²) in [5.41, 5.74) is 1.94. The number of nitrogens with zero attached hydrogens (tertiary/aromatic N) is 4. The highest BCUT2D eigenvalue weighted by molar-refractivity contribution is 8.18. The molecule has 2 saturated heterocycles. The predicted molar refractivity (Wildman–Crippen MR) is 144 cm³/mol. The second kappa shape index (κ2) is 11.4. The summed E-state index contributed by atoms with van der Waals surface area (Å²) in [6.45, 7) is 7.89. The molecule has 1 amide bonds. The molecule has 0 unspecified atom stereocenters. The molecule has 2 fully saturated rings. The van der Waals surface area contributed by atoms with Crippen molar-refractivity contribution in [3.8, 4) is 5.75 Å². The minimum Gasteiger partial charge on any atom is -0.492 e. The fourth-order valence-electron chi connectivity index (χ4n) is 3.83. The molecule has 0 saturated carbocycles. The topological polar surface area (TPSA) is 70.1 Å². The van der Waals surface area contributed by atoms with Gasteiger partial charge in [0.2, 0.25) is 0 Å². The predicted octanol–water partition coefficient (Wildman–Crippen LogP) is 5.09. The summed E-state index contributed by atoms with van der Waals surface area (Å²) in [6.07, 6.45) is 7.50. The van der Waals surface area contributed by atoms with Crippen molar-refractivity contribution in [3.05, 3.63) is 39.7 Å². The quantitative estimate of drug-likeness (QED) is 0.510. The lowest BCUT2D eigenvalue weighted by molar-refractivity contribution is -0.115. The summed E-state index contributed by atoms with van der Waals surface area (Å²) in [5, 5.41) is 4.55. The zero-order chi connectivity index (χ0) is 24.1. The number of amides is 1. The standard InChI is InChI=1S/C25H33N5O2S2/c1-17(2)20-14-18(32-13-12-29(3)4)8-9-21(20)27-24-28-23(31)22(34-24)15-19-16-26-25(33-19)30-10-6-5-7-11-30/h8-9,14-17H,5-7,10-13H2,1-4H3,(H,27,28,31)/b22-15-. The highest BCUT2D eigenvalue weighted by Gasteiger charge is 2.25. The SMILES string of the molecule is CC(C)c1cc(OCCN(C)C)ccc1N=C1NC(=O)/C(=C/c2cnc(N3CCCCC3)s2)S1. The van der Waals surface area contributed by atoms with E-state index in [1.165, 1.54) is 31.0 Å². The molecule has 0 spiro atoms. The average molecular weight is 500 g/mol. The van der Waals surface area contributed by atoms with Gasteiger partial charge in [-0.1, -0.05) is 25.2 Å². The Hall–Kier alpha value is -2.36. The van der Waals surface area contributed by atoms with Gasteiger partial charge >= 0.3 is 0 Å². The Balaban J connectivity index is 1.47. The number of carbonyl (C=O) groups is 1. The monoisotopic (exact) mass is 499 g/mol. The Morgan fingerprint density at radius 3 is 2.79 bits per heavy atom. The van der Waals surface area contributed by atoms with E-state index in [4.69, 9.17) is 9.73 Å².